The number of aliphatic carboxylic acids is 1. The molecule has 36 heavy (non-hydrogen) atoms. The van der Waals surface area contributed by atoms with Crippen LogP contribution >= 0.6 is 0 Å². The van der Waals surface area contributed by atoms with E-state index in [1.807, 2.05) is 0 Å². The molecular weight excluding hydrogens is 478 g/mol. The largest absolute Gasteiger partial charge is 0.480 e. The van der Waals surface area contributed by atoms with Crippen molar-refractivity contribution in [2.75, 3.05) is 6.54 Å². The molecule has 16 nitrogen and oxygen atoms in total. The number of rotatable bonds is 15. The fourth-order valence-corrected chi connectivity index (χ4v) is 3.00. The summed E-state index contributed by atoms with van der Waals surface area (Å²) in [6, 6.07) is -5.49. The molecule has 0 radical (unpaired) electrons. The fraction of sp³-hybridized carbons (Fsp3) is 0.600. The number of imidazole rings is 1. The minimum absolute atomic E-state index is 0.00157. The van der Waals surface area contributed by atoms with Gasteiger partial charge in [-0.25, -0.2) is 9.78 Å². The third-order valence-electron chi connectivity index (χ3n) is 5.06. The molecule has 0 aliphatic heterocycles. The SMILES string of the molecule is CC(O)C(N)C(=O)NC(C(=O)NC(CCCN=C(N)N)C(=O)NC(Cc1cnc[nH]1)C(=O)O)C(C)O. The van der Waals surface area contributed by atoms with Gasteiger partial charge in [0.2, 0.25) is 17.7 Å². The van der Waals surface area contributed by atoms with Crippen molar-refractivity contribution in [3.8, 4) is 0 Å². The highest BCUT2D eigenvalue weighted by molar-refractivity contribution is 5.94. The first kappa shape index (κ1) is 30.3. The van der Waals surface area contributed by atoms with Gasteiger partial charge in [-0.15, -0.1) is 0 Å². The zero-order valence-electron chi connectivity index (χ0n) is 20.0. The second-order valence-corrected chi connectivity index (χ2v) is 8.18. The molecule has 6 atom stereocenters. The molecule has 1 aromatic heterocycles. The van der Waals surface area contributed by atoms with Crippen LogP contribution in [0.5, 0.6) is 0 Å². The number of hydrogen-bond donors (Lipinski definition) is 10. The molecule has 0 saturated carbocycles. The number of carboxylic acids is 1. The van der Waals surface area contributed by atoms with Crippen LogP contribution in [-0.2, 0) is 25.6 Å². The summed E-state index contributed by atoms with van der Waals surface area (Å²) in [5.41, 5.74) is 16.6. The van der Waals surface area contributed by atoms with Gasteiger partial charge in [0, 0.05) is 24.9 Å². The number of aliphatic imine (C=N–C) groups is 1. The summed E-state index contributed by atoms with van der Waals surface area (Å²) in [5, 5.41) is 36.1. The van der Waals surface area contributed by atoms with Crippen LogP contribution in [0.15, 0.2) is 17.5 Å². The van der Waals surface area contributed by atoms with Crippen molar-refractivity contribution in [3.63, 3.8) is 0 Å². The van der Waals surface area contributed by atoms with Crippen molar-refractivity contribution in [2.45, 2.75) is 69.5 Å². The Bertz CT molecular complexity index is 901. The summed E-state index contributed by atoms with van der Waals surface area (Å²) in [7, 11) is 0. The quantitative estimate of drug-likeness (QED) is 0.0607. The Morgan fingerprint density at radius 1 is 1.03 bits per heavy atom. The van der Waals surface area contributed by atoms with Crippen LogP contribution in [0.2, 0.25) is 0 Å². The molecule has 0 spiro atoms. The maximum atomic E-state index is 13.0. The number of guanidine groups is 1. The molecule has 0 aliphatic carbocycles. The number of H-pyrrole nitrogens is 1. The first-order valence-corrected chi connectivity index (χ1v) is 11.1. The molecule has 202 valence electrons. The van der Waals surface area contributed by atoms with Crippen molar-refractivity contribution < 1.29 is 34.5 Å². The number of aliphatic hydroxyl groups excluding tert-OH is 2. The number of nitrogens with two attached hydrogens (primary N) is 3. The number of nitrogens with one attached hydrogen (secondary N) is 4. The van der Waals surface area contributed by atoms with Gasteiger partial charge in [-0.3, -0.25) is 19.4 Å². The molecule has 1 rings (SSSR count). The van der Waals surface area contributed by atoms with Gasteiger partial charge in [0.1, 0.15) is 24.2 Å². The smallest absolute Gasteiger partial charge is 0.326 e. The number of carboxylic acid groups (broad SMARTS) is 1. The van der Waals surface area contributed by atoms with Gasteiger partial charge in [0.05, 0.1) is 18.5 Å². The minimum atomic E-state index is -1.52. The molecule has 16 heteroatoms. The zero-order valence-corrected chi connectivity index (χ0v) is 20.0. The average Bonchev–Trinajstić information content (AvgIpc) is 3.30. The first-order valence-electron chi connectivity index (χ1n) is 11.1. The molecule has 0 bridgehead atoms. The first-order chi connectivity index (χ1) is 16.8. The van der Waals surface area contributed by atoms with E-state index in [2.05, 4.69) is 30.9 Å². The molecule has 0 fully saturated rings. The summed E-state index contributed by atoms with van der Waals surface area (Å²) in [5.74, 6) is -4.14. The van der Waals surface area contributed by atoms with E-state index in [0.29, 0.717) is 5.69 Å². The molecule has 3 amide bonds. The van der Waals surface area contributed by atoms with Crippen LogP contribution in [-0.4, -0.2) is 97.9 Å². The molecule has 0 aromatic carbocycles. The van der Waals surface area contributed by atoms with E-state index < -0.39 is 60.1 Å². The molecule has 1 heterocycles. The summed E-state index contributed by atoms with van der Waals surface area (Å²) in [6.07, 6.45) is 0.277. The van der Waals surface area contributed by atoms with Crippen molar-refractivity contribution in [1.82, 2.24) is 25.9 Å². The average molecular weight is 514 g/mol. The number of carbonyl (C=O) groups excluding carboxylic acids is 3. The highest BCUT2D eigenvalue weighted by atomic mass is 16.4. The number of amides is 3. The molecule has 13 N–H and O–H groups in total. The summed E-state index contributed by atoms with van der Waals surface area (Å²) < 4.78 is 0. The lowest BCUT2D eigenvalue weighted by Crippen LogP contribution is -2.60. The Balaban J connectivity index is 3.02. The number of carbonyl (C=O) groups is 4. The summed E-state index contributed by atoms with van der Waals surface area (Å²) in [6.45, 7) is 2.64. The lowest BCUT2D eigenvalue weighted by Gasteiger charge is -2.26. The van der Waals surface area contributed by atoms with Crippen LogP contribution in [0.1, 0.15) is 32.4 Å². The van der Waals surface area contributed by atoms with E-state index in [-0.39, 0.29) is 31.8 Å². The van der Waals surface area contributed by atoms with Gasteiger partial charge in [-0.05, 0) is 26.7 Å². The maximum Gasteiger partial charge on any atom is 0.326 e. The molecule has 6 unspecified atom stereocenters. The number of nitrogens with zero attached hydrogens (tertiary/aromatic N) is 2. The van der Waals surface area contributed by atoms with E-state index in [0.717, 1.165) is 0 Å². The second-order valence-electron chi connectivity index (χ2n) is 8.18. The van der Waals surface area contributed by atoms with Crippen LogP contribution in [0, 0.1) is 0 Å². The minimum Gasteiger partial charge on any atom is -0.480 e. The van der Waals surface area contributed by atoms with Crippen LogP contribution < -0.4 is 33.2 Å². The van der Waals surface area contributed by atoms with Gasteiger partial charge in [0.25, 0.3) is 0 Å². The Morgan fingerprint density at radius 2 is 1.67 bits per heavy atom. The molecular formula is C20H35N9O7. The Kier molecular flexibility index (Phi) is 12.3. The standard InChI is InChI=1S/C20H35N9O7/c1-9(30)14(21)17(33)29-15(10(2)31)18(34)27-12(4-3-5-25-20(22)23)16(32)28-13(19(35)36)6-11-7-24-8-26-11/h7-10,12-15,30-31H,3-6,21H2,1-2H3,(H,24,26)(H,27,34)(H,28,32)(H,29,33)(H,35,36)(H4,22,23,25). The van der Waals surface area contributed by atoms with Gasteiger partial charge in [-0.2, -0.15) is 0 Å². The molecule has 0 aliphatic rings. The fourth-order valence-electron chi connectivity index (χ4n) is 3.00. The normalized spacial score (nSPS) is 15.9. The monoisotopic (exact) mass is 513 g/mol. The lowest BCUT2D eigenvalue weighted by atomic mass is 10.1. The third-order valence-corrected chi connectivity index (χ3v) is 5.06. The number of aromatic amines is 1. The van der Waals surface area contributed by atoms with Crippen molar-refractivity contribution in [2.24, 2.45) is 22.2 Å². The number of hydrogen-bond acceptors (Lipinski definition) is 9. The van der Waals surface area contributed by atoms with Crippen molar-refractivity contribution >= 4 is 29.7 Å². The van der Waals surface area contributed by atoms with Gasteiger partial charge >= 0.3 is 5.97 Å². The lowest BCUT2D eigenvalue weighted by molar-refractivity contribution is -0.142. The second kappa shape index (κ2) is 14.6. The van der Waals surface area contributed by atoms with Crippen molar-refractivity contribution in [3.05, 3.63) is 18.2 Å². The Labute approximate surface area is 207 Å². The highest BCUT2D eigenvalue weighted by Gasteiger charge is 2.33. The molecule has 0 saturated heterocycles. The van der Waals surface area contributed by atoms with Crippen LogP contribution in [0.4, 0.5) is 0 Å². The zero-order chi connectivity index (χ0) is 27.4. The van der Waals surface area contributed by atoms with E-state index in [9.17, 15) is 34.5 Å². The Hall–Kier alpha value is -3.76. The predicted octanol–water partition coefficient (Wildman–Crippen LogP) is -4.37. The van der Waals surface area contributed by atoms with Crippen LogP contribution in [0.25, 0.3) is 0 Å². The Morgan fingerprint density at radius 3 is 2.17 bits per heavy atom. The van der Waals surface area contributed by atoms with Gasteiger partial charge in [-0.1, -0.05) is 0 Å². The topological polar surface area (TPSA) is 284 Å². The van der Waals surface area contributed by atoms with E-state index in [4.69, 9.17) is 17.2 Å². The summed E-state index contributed by atoms with van der Waals surface area (Å²) >= 11 is 0. The van der Waals surface area contributed by atoms with E-state index in [1.54, 1.807) is 0 Å². The predicted molar refractivity (Wildman–Crippen MR) is 127 cm³/mol. The molecule has 1 aromatic rings. The van der Waals surface area contributed by atoms with Crippen molar-refractivity contribution in [1.29, 1.82) is 0 Å². The van der Waals surface area contributed by atoms with Crippen LogP contribution in [0.3, 0.4) is 0 Å². The number of aromatic nitrogens is 2. The van der Waals surface area contributed by atoms with Gasteiger partial charge < -0.3 is 53.5 Å². The maximum absolute atomic E-state index is 13.0. The third kappa shape index (κ3) is 10.2. The number of aliphatic hydroxyl groups is 2. The summed E-state index contributed by atoms with van der Waals surface area (Å²) in [4.78, 5) is 60.1. The van der Waals surface area contributed by atoms with Gasteiger partial charge in [0.15, 0.2) is 5.96 Å². The van der Waals surface area contributed by atoms with E-state index >= 15 is 0 Å². The van der Waals surface area contributed by atoms with E-state index in [1.165, 1.54) is 26.4 Å². The highest BCUT2D eigenvalue weighted by Crippen LogP contribution is 2.05.